The lowest BCUT2D eigenvalue weighted by atomic mass is 10.0. The molecule has 0 saturated heterocycles. The van der Waals surface area contributed by atoms with E-state index < -0.39 is 54.0 Å². The van der Waals surface area contributed by atoms with Gasteiger partial charge in [-0.05, 0) is 63.3 Å². The molecule has 0 radical (unpaired) electrons. The predicted molar refractivity (Wildman–Crippen MR) is 148 cm³/mol. The third-order valence-corrected chi connectivity index (χ3v) is 5.97. The summed E-state index contributed by atoms with van der Waals surface area (Å²) < 4.78 is 0. The van der Waals surface area contributed by atoms with Gasteiger partial charge in [0.1, 0.15) is 29.9 Å². The van der Waals surface area contributed by atoms with Gasteiger partial charge in [0.15, 0.2) is 5.96 Å². The topological polar surface area (TPSA) is 282 Å². The molecule has 40 heavy (non-hydrogen) atoms. The number of aliphatic hydroxyl groups excluding tert-OH is 1. The van der Waals surface area contributed by atoms with Crippen molar-refractivity contribution in [1.82, 2.24) is 16.0 Å². The zero-order chi connectivity index (χ0) is 30.2. The minimum Gasteiger partial charge on any atom is -0.508 e. The van der Waals surface area contributed by atoms with Gasteiger partial charge in [0, 0.05) is 13.0 Å². The molecule has 0 aromatic heterocycles. The molecule has 14 N–H and O–H groups in total. The number of carboxylic acid groups (broad SMARTS) is 1. The highest BCUT2D eigenvalue weighted by Gasteiger charge is 2.31. The van der Waals surface area contributed by atoms with Crippen molar-refractivity contribution in [3.63, 3.8) is 0 Å². The average molecular weight is 567 g/mol. The van der Waals surface area contributed by atoms with E-state index in [0.717, 1.165) is 0 Å². The first-order chi connectivity index (χ1) is 18.8. The van der Waals surface area contributed by atoms with E-state index in [0.29, 0.717) is 24.9 Å². The Morgan fingerprint density at radius 2 is 1.43 bits per heavy atom. The Balaban J connectivity index is 3.16. The van der Waals surface area contributed by atoms with Crippen molar-refractivity contribution in [3.05, 3.63) is 29.8 Å². The Bertz CT molecular complexity index is 999. The number of benzene rings is 1. The van der Waals surface area contributed by atoms with Crippen LogP contribution < -0.4 is 38.9 Å². The summed E-state index contributed by atoms with van der Waals surface area (Å²) in [5.41, 5.74) is 22.4. The Morgan fingerprint density at radius 1 is 0.875 bits per heavy atom. The summed E-state index contributed by atoms with van der Waals surface area (Å²) in [6.45, 7) is 1.84. The number of aliphatic hydroxyl groups is 1. The number of nitrogens with two attached hydrogens (primary N) is 4. The molecule has 1 rings (SSSR count). The molecule has 0 spiro atoms. The van der Waals surface area contributed by atoms with Crippen molar-refractivity contribution in [2.75, 3.05) is 13.1 Å². The second-order valence-electron chi connectivity index (χ2n) is 9.39. The summed E-state index contributed by atoms with van der Waals surface area (Å²) in [5, 5.41) is 36.3. The molecule has 5 unspecified atom stereocenters. The largest absolute Gasteiger partial charge is 0.508 e. The number of aromatic hydroxyl groups is 1. The van der Waals surface area contributed by atoms with E-state index in [2.05, 4.69) is 20.9 Å². The Labute approximate surface area is 232 Å². The number of nitrogens with one attached hydrogen (secondary N) is 3. The second-order valence-corrected chi connectivity index (χ2v) is 9.39. The monoisotopic (exact) mass is 566 g/mol. The van der Waals surface area contributed by atoms with E-state index in [4.69, 9.17) is 22.9 Å². The quantitative estimate of drug-likeness (QED) is 0.0498. The summed E-state index contributed by atoms with van der Waals surface area (Å²) in [5.74, 6) is -3.68. The van der Waals surface area contributed by atoms with Crippen LogP contribution in [0.3, 0.4) is 0 Å². The maximum atomic E-state index is 13.4. The molecule has 15 heteroatoms. The molecule has 0 fully saturated rings. The Morgan fingerprint density at radius 3 is 1.98 bits per heavy atom. The molecule has 0 aliphatic carbocycles. The predicted octanol–water partition coefficient (Wildman–Crippen LogP) is -2.64. The van der Waals surface area contributed by atoms with Crippen LogP contribution in [0.5, 0.6) is 5.75 Å². The summed E-state index contributed by atoms with van der Waals surface area (Å²) in [7, 11) is 0. The lowest BCUT2D eigenvalue weighted by molar-refractivity contribution is -0.142. The average Bonchev–Trinajstić information content (AvgIpc) is 2.89. The van der Waals surface area contributed by atoms with E-state index in [1.165, 1.54) is 19.1 Å². The number of carbonyl (C=O) groups excluding carboxylic acids is 3. The molecular weight excluding hydrogens is 524 g/mol. The number of phenols is 1. The number of nitrogens with zero attached hydrogens (tertiary/aromatic N) is 1. The van der Waals surface area contributed by atoms with E-state index in [-0.39, 0.29) is 43.9 Å². The zero-order valence-corrected chi connectivity index (χ0v) is 22.6. The fraction of sp³-hybridized carbons (Fsp3) is 0.560. The number of aliphatic carboxylic acids is 1. The number of phenolic OH excluding ortho intramolecular Hbond substituents is 1. The number of rotatable bonds is 18. The van der Waals surface area contributed by atoms with Crippen LogP contribution in [-0.2, 0) is 25.6 Å². The van der Waals surface area contributed by atoms with Gasteiger partial charge in [-0.25, -0.2) is 4.79 Å². The minimum absolute atomic E-state index is 0.00173. The maximum absolute atomic E-state index is 13.4. The number of hydrogen-bond acceptors (Lipinski definition) is 9. The van der Waals surface area contributed by atoms with Crippen LogP contribution in [0.15, 0.2) is 29.3 Å². The standard InChI is InChI=1S/C25H42N8O7/c1-14(34)20(27)23(38)33-19(13-15-7-9-16(35)10-8-15)22(37)31-17(6-4-12-30-25(28)29)21(36)32-18(24(39)40)5-2-3-11-26/h7-10,14,17-20,34-35H,2-6,11-13,26-27H2,1H3,(H,31,37)(H,32,36)(H,33,38)(H,39,40)(H4,28,29,30). The smallest absolute Gasteiger partial charge is 0.326 e. The first-order valence-electron chi connectivity index (χ1n) is 13.0. The van der Waals surface area contributed by atoms with E-state index in [9.17, 15) is 34.5 Å². The van der Waals surface area contributed by atoms with Crippen molar-refractivity contribution in [3.8, 4) is 5.75 Å². The van der Waals surface area contributed by atoms with Gasteiger partial charge in [0.25, 0.3) is 0 Å². The maximum Gasteiger partial charge on any atom is 0.326 e. The molecule has 0 aliphatic rings. The minimum atomic E-state index is -1.32. The number of aliphatic imine (C=N–C) groups is 1. The van der Waals surface area contributed by atoms with Gasteiger partial charge < -0.3 is 54.2 Å². The van der Waals surface area contributed by atoms with Crippen molar-refractivity contribution in [2.24, 2.45) is 27.9 Å². The molecule has 0 saturated carbocycles. The molecular formula is C25H42N8O7. The lowest BCUT2D eigenvalue weighted by Crippen LogP contribution is -2.58. The highest BCUT2D eigenvalue weighted by Crippen LogP contribution is 2.12. The molecule has 224 valence electrons. The third-order valence-electron chi connectivity index (χ3n) is 5.97. The van der Waals surface area contributed by atoms with Gasteiger partial charge in [0.05, 0.1) is 6.10 Å². The first kappa shape index (κ1) is 34.1. The van der Waals surface area contributed by atoms with Crippen LogP contribution >= 0.6 is 0 Å². The molecule has 1 aromatic carbocycles. The number of carboxylic acids is 1. The summed E-state index contributed by atoms with van der Waals surface area (Å²) in [4.78, 5) is 54.6. The lowest BCUT2D eigenvalue weighted by Gasteiger charge is -2.26. The van der Waals surface area contributed by atoms with Crippen molar-refractivity contribution >= 4 is 29.7 Å². The van der Waals surface area contributed by atoms with Crippen LogP contribution in [-0.4, -0.2) is 88.3 Å². The van der Waals surface area contributed by atoms with Gasteiger partial charge >= 0.3 is 5.97 Å². The number of carbonyl (C=O) groups is 4. The van der Waals surface area contributed by atoms with Crippen molar-refractivity contribution < 1.29 is 34.5 Å². The van der Waals surface area contributed by atoms with E-state index in [1.807, 2.05) is 0 Å². The molecule has 0 aliphatic heterocycles. The summed E-state index contributed by atoms with van der Waals surface area (Å²) >= 11 is 0. The number of hydrogen-bond donors (Lipinski definition) is 10. The van der Waals surface area contributed by atoms with Crippen LogP contribution in [0, 0.1) is 0 Å². The Kier molecular flexibility index (Phi) is 15.0. The van der Waals surface area contributed by atoms with Crippen molar-refractivity contribution in [2.45, 2.75) is 75.7 Å². The number of guanidine groups is 1. The molecule has 5 atom stereocenters. The summed E-state index contributed by atoms with van der Waals surface area (Å²) in [6, 6.07) is 0.973. The molecule has 1 aromatic rings. The summed E-state index contributed by atoms with van der Waals surface area (Å²) in [6.07, 6.45) is 0.275. The van der Waals surface area contributed by atoms with Gasteiger partial charge in [-0.15, -0.1) is 0 Å². The number of unbranched alkanes of at least 4 members (excludes halogenated alkanes) is 1. The van der Waals surface area contributed by atoms with Gasteiger partial charge in [-0.1, -0.05) is 12.1 Å². The fourth-order valence-electron chi connectivity index (χ4n) is 3.63. The molecule has 15 nitrogen and oxygen atoms in total. The normalized spacial score (nSPS) is 14.6. The van der Waals surface area contributed by atoms with Gasteiger partial charge in [0.2, 0.25) is 17.7 Å². The number of amides is 3. The Hall–Kier alpha value is -3.95. The van der Waals surface area contributed by atoms with Gasteiger partial charge in [-0.3, -0.25) is 19.4 Å². The van der Waals surface area contributed by atoms with E-state index in [1.54, 1.807) is 12.1 Å². The highest BCUT2D eigenvalue weighted by atomic mass is 16.4. The molecule has 3 amide bonds. The van der Waals surface area contributed by atoms with E-state index >= 15 is 0 Å². The van der Waals surface area contributed by atoms with Crippen LogP contribution in [0.1, 0.15) is 44.6 Å². The third kappa shape index (κ3) is 12.7. The zero-order valence-electron chi connectivity index (χ0n) is 22.6. The molecule has 0 heterocycles. The first-order valence-corrected chi connectivity index (χ1v) is 13.0. The molecule has 0 bridgehead atoms. The SMILES string of the molecule is CC(O)C(N)C(=O)NC(Cc1ccc(O)cc1)C(=O)NC(CCCN=C(N)N)C(=O)NC(CCCCN)C(=O)O. The van der Waals surface area contributed by atoms with Crippen LogP contribution in [0.25, 0.3) is 0 Å². The van der Waals surface area contributed by atoms with Crippen LogP contribution in [0.2, 0.25) is 0 Å². The van der Waals surface area contributed by atoms with Crippen LogP contribution in [0.4, 0.5) is 0 Å². The second kappa shape index (κ2) is 17.6. The van der Waals surface area contributed by atoms with Gasteiger partial charge in [-0.2, -0.15) is 0 Å². The highest BCUT2D eigenvalue weighted by molar-refractivity contribution is 5.94. The fourth-order valence-corrected chi connectivity index (χ4v) is 3.63. The van der Waals surface area contributed by atoms with Crippen molar-refractivity contribution in [1.29, 1.82) is 0 Å².